The van der Waals surface area contributed by atoms with Gasteiger partial charge in [0.25, 0.3) is 0 Å². The van der Waals surface area contributed by atoms with Gasteiger partial charge in [-0.3, -0.25) is 10.9 Å². The lowest BCUT2D eigenvalue weighted by atomic mass is 9.96. The van der Waals surface area contributed by atoms with Gasteiger partial charge in [-0.2, -0.15) is 0 Å². The number of benzene rings is 6. The molecule has 0 spiro atoms. The van der Waals surface area contributed by atoms with Crippen molar-refractivity contribution in [1.29, 1.82) is 0 Å². The molecule has 6 aromatic carbocycles. The molecule has 12 rings (SSSR count). The minimum absolute atomic E-state index is 0.0971. The molecule has 2 N–H and O–H groups in total. The Kier molecular flexibility index (Phi) is 11.9. The Morgan fingerprint density at radius 1 is 0.521 bits per heavy atom. The molecule has 2 aliphatic rings. The quantitative estimate of drug-likeness (QED) is 0.110. The van der Waals surface area contributed by atoms with Crippen molar-refractivity contribution < 1.29 is 17.5 Å². The second-order valence-electron chi connectivity index (χ2n) is 16.8. The van der Waals surface area contributed by atoms with Gasteiger partial charge in [0.15, 0.2) is 10.0 Å². The molecule has 2 unspecified atom stereocenters. The monoisotopic (exact) mass is 1060 g/mol. The fraction of sp³-hybridized carbons (Fsp3) is 0.0769. The number of thiazole rings is 2. The third-order valence-corrected chi connectivity index (χ3v) is 16.5. The maximum Gasteiger partial charge on any atom is 0.249 e. The van der Waals surface area contributed by atoms with E-state index in [1.165, 1.54) is 46.9 Å². The number of nitrogens with zero attached hydrogens (tertiary/aromatic N) is 10. The van der Waals surface area contributed by atoms with Gasteiger partial charge in [0, 0.05) is 21.2 Å². The van der Waals surface area contributed by atoms with Crippen molar-refractivity contribution in [2.45, 2.75) is 35.7 Å². The highest BCUT2D eigenvalue weighted by Crippen LogP contribution is 2.51. The molecular weight excluding hydrogens is 1020 g/mol. The van der Waals surface area contributed by atoms with E-state index in [2.05, 4.69) is 41.6 Å². The lowest BCUT2D eigenvalue weighted by Crippen LogP contribution is -2.28. The Morgan fingerprint density at radius 2 is 0.904 bits per heavy atom. The van der Waals surface area contributed by atoms with Crippen molar-refractivity contribution in [2.24, 2.45) is 20.5 Å². The fourth-order valence-corrected chi connectivity index (χ4v) is 11.9. The SMILES string of the molecule is Cc1nc(N2Nc3onc(-c4ccccc4)c3C2c2ccc(Cl)cc2)sc1N=Nc1ccc(S(=O)(=O)c2ccc(N=Nc3sc(N4Nc5onc(-c6ccccc6)c5C4c4ccc(Cl)cc4)nc3C)cc2)cc1. The summed E-state index contributed by atoms with van der Waals surface area (Å²) in [4.78, 5) is 9.91. The smallest absolute Gasteiger partial charge is 0.249 e. The van der Waals surface area contributed by atoms with Crippen molar-refractivity contribution in [3.8, 4) is 22.5 Å². The molecule has 360 valence electrons. The molecule has 2 aliphatic heterocycles. The summed E-state index contributed by atoms with van der Waals surface area (Å²) in [6, 6.07) is 46.7. The van der Waals surface area contributed by atoms with E-state index < -0.39 is 9.84 Å². The number of halogens is 2. The van der Waals surface area contributed by atoms with Gasteiger partial charge in [-0.15, -0.1) is 20.5 Å². The van der Waals surface area contributed by atoms with Crippen molar-refractivity contribution in [2.75, 3.05) is 20.9 Å². The second-order valence-corrected chi connectivity index (χ2v) is 21.6. The van der Waals surface area contributed by atoms with Gasteiger partial charge in [0.05, 0.1) is 43.7 Å². The standard InChI is InChI=1S/C52H36Cl2N12O4S3/c1-29-49(71-51(55-29)65-45(33-13-17-35(53)18-14-33)41-43(63-69-47(41)61-65)31-9-5-3-6-10-31)59-57-37-21-25-39(26-22-37)73(67,68)40-27-23-38(24-28-40)58-60-50-30(2)56-52(72-50)66-46(34-15-19-36(54)20-16-34)42-44(64-70-48(42)62-66)32-11-7-4-8-12-32/h3-28,45-46,61-62H,1-2H3. The lowest BCUT2D eigenvalue weighted by molar-refractivity contribution is 0.435. The van der Waals surface area contributed by atoms with Crippen LogP contribution in [0.2, 0.25) is 10.0 Å². The number of azo groups is 2. The molecule has 6 heterocycles. The van der Waals surface area contributed by atoms with Crippen LogP contribution in [0.15, 0.2) is 197 Å². The zero-order chi connectivity index (χ0) is 49.8. The van der Waals surface area contributed by atoms with Crippen LogP contribution in [0.3, 0.4) is 0 Å². The Balaban J connectivity index is 0.733. The molecule has 4 aromatic heterocycles. The van der Waals surface area contributed by atoms with E-state index >= 15 is 0 Å². The Morgan fingerprint density at radius 3 is 1.29 bits per heavy atom. The summed E-state index contributed by atoms with van der Waals surface area (Å²) < 4.78 is 39.2. The van der Waals surface area contributed by atoms with Crippen LogP contribution in [0.25, 0.3) is 22.5 Å². The predicted molar refractivity (Wildman–Crippen MR) is 283 cm³/mol. The van der Waals surface area contributed by atoms with E-state index in [1.807, 2.05) is 133 Å². The lowest BCUT2D eigenvalue weighted by Gasteiger charge is -2.24. The second kappa shape index (κ2) is 18.8. The summed E-state index contributed by atoms with van der Waals surface area (Å²) in [5.74, 6) is 1.02. The molecule has 0 saturated carbocycles. The number of hydrazine groups is 2. The maximum absolute atomic E-state index is 13.8. The number of aromatic nitrogens is 4. The average Bonchev–Trinajstić information content (AvgIpc) is 4.29. The highest BCUT2D eigenvalue weighted by molar-refractivity contribution is 7.91. The molecular formula is C52H36Cl2N12O4S3. The summed E-state index contributed by atoms with van der Waals surface area (Å²) in [5, 5.41) is 34.3. The molecule has 10 aromatic rings. The summed E-state index contributed by atoms with van der Waals surface area (Å²) in [5.41, 5.74) is 15.9. The minimum Gasteiger partial charge on any atom is -0.336 e. The van der Waals surface area contributed by atoms with Crippen molar-refractivity contribution >= 4 is 99.1 Å². The topological polar surface area (TPSA) is 192 Å². The molecule has 0 radical (unpaired) electrons. The summed E-state index contributed by atoms with van der Waals surface area (Å²) >= 11 is 15.3. The largest absolute Gasteiger partial charge is 0.336 e. The number of sulfone groups is 1. The van der Waals surface area contributed by atoms with Gasteiger partial charge >= 0.3 is 0 Å². The van der Waals surface area contributed by atoms with E-state index in [-0.39, 0.29) is 21.9 Å². The summed E-state index contributed by atoms with van der Waals surface area (Å²) in [6.07, 6.45) is 0. The van der Waals surface area contributed by atoms with Gasteiger partial charge in [-0.25, -0.2) is 28.4 Å². The van der Waals surface area contributed by atoms with Crippen LogP contribution in [-0.4, -0.2) is 28.7 Å². The highest BCUT2D eigenvalue weighted by Gasteiger charge is 2.42. The maximum atomic E-state index is 13.8. The van der Waals surface area contributed by atoms with E-state index in [9.17, 15) is 8.42 Å². The highest BCUT2D eigenvalue weighted by atomic mass is 35.5. The average molecular weight is 1060 g/mol. The van der Waals surface area contributed by atoms with Crippen LogP contribution < -0.4 is 20.9 Å². The zero-order valence-electron chi connectivity index (χ0n) is 38.3. The van der Waals surface area contributed by atoms with Crippen molar-refractivity contribution in [3.05, 3.63) is 201 Å². The Hall–Kier alpha value is -8.07. The molecule has 0 aliphatic carbocycles. The van der Waals surface area contributed by atoms with Crippen LogP contribution >= 0.6 is 45.9 Å². The first-order valence-electron chi connectivity index (χ1n) is 22.5. The Bertz CT molecular complexity index is 3590. The first kappa shape index (κ1) is 46.0. The van der Waals surface area contributed by atoms with Gasteiger partial charge in [0.2, 0.25) is 31.9 Å². The zero-order valence-corrected chi connectivity index (χ0v) is 42.2. The van der Waals surface area contributed by atoms with Crippen LogP contribution in [0.1, 0.15) is 45.7 Å². The molecule has 0 saturated heterocycles. The molecule has 73 heavy (non-hydrogen) atoms. The predicted octanol–water partition coefficient (Wildman–Crippen LogP) is 15.4. The first-order chi connectivity index (χ1) is 35.6. The van der Waals surface area contributed by atoms with Gasteiger partial charge in [0.1, 0.15) is 23.5 Å². The van der Waals surface area contributed by atoms with Gasteiger partial charge in [-0.1, -0.05) is 141 Å². The third kappa shape index (κ3) is 8.69. The van der Waals surface area contributed by atoms with Gasteiger partial charge < -0.3 is 9.05 Å². The number of hydrogen-bond donors (Lipinski definition) is 2. The third-order valence-electron chi connectivity index (χ3n) is 12.2. The Labute approximate surface area is 435 Å². The molecule has 0 amide bonds. The van der Waals surface area contributed by atoms with E-state index in [0.717, 1.165) is 33.4 Å². The number of anilines is 4. The number of rotatable bonds is 12. The number of nitrogens with one attached hydrogen (secondary N) is 2. The van der Waals surface area contributed by atoms with Gasteiger partial charge in [-0.05, 0) is 97.8 Å². The number of aryl methyl sites for hydroxylation is 2. The summed E-state index contributed by atoms with van der Waals surface area (Å²) in [7, 11) is -3.90. The van der Waals surface area contributed by atoms with Crippen molar-refractivity contribution in [3.63, 3.8) is 0 Å². The van der Waals surface area contributed by atoms with Crippen LogP contribution in [0, 0.1) is 13.8 Å². The van der Waals surface area contributed by atoms with Crippen molar-refractivity contribution in [1.82, 2.24) is 20.3 Å². The van der Waals surface area contributed by atoms with Crippen LogP contribution in [0.4, 0.5) is 43.4 Å². The molecule has 0 bridgehead atoms. The first-order valence-corrected chi connectivity index (χ1v) is 26.4. The molecule has 0 fully saturated rings. The molecule has 16 nitrogen and oxygen atoms in total. The van der Waals surface area contributed by atoms with E-state index in [1.54, 1.807) is 24.3 Å². The normalized spacial score (nSPS) is 15.3. The van der Waals surface area contributed by atoms with E-state index in [0.29, 0.717) is 76.2 Å². The number of fused-ring (bicyclic) bond motifs is 2. The van der Waals surface area contributed by atoms with E-state index in [4.69, 9.17) is 42.2 Å². The van der Waals surface area contributed by atoms with Crippen LogP contribution in [0.5, 0.6) is 0 Å². The molecule has 2 atom stereocenters. The summed E-state index contributed by atoms with van der Waals surface area (Å²) in [6.45, 7) is 3.71. The fourth-order valence-electron chi connectivity index (χ4n) is 8.58. The minimum atomic E-state index is -3.90. The van der Waals surface area contributed by atoms with Crippen LogP contribution in [-0.2, 0) is 9.84 Å². The molecule has 21 heteroatoms. The number of hydrogen-bond acceptors (Lipinski definition) is 18.